The highest BCUT2D eigenvalue weighted by Crippen LogP contribution is 2.30. The first-order valence-corrected chi connectivity index (χ1v) is 6.17. The average Bonchev–Trinajstić information content (AvgIpc) is 2.75. The molecule has 0 bridgehead atoms. The first-order valence-electron chi connectivity index (χ1n) is 6.17. The number of Topliss-reactive ketones (excluding diaryl/α,β-unsaturated/α-hetero) is 1. The van der Waals surface area contributed by atoms with Crippen LogP contribution in [0.2, 0.25) is 0 Å². The van der Waals surface area contributed by atoms with E-state index in [1.807, 2.05) is 30.3 Å². The fraction of sp³-hybridized carbons (Fsp3) is 0.200. The lowest BCUT2D eigenvalue weighted by Gasteiger charge is -2.12. The number of rotatable bonds is 0. The van der Waals surface area contributed by atoms with Gasteiger partial charge in [-0.25, -0.2) is 4.98 Å². The van der Waals surface area contributed by atoms with Gasteiger partial charge in [-0.3, -0.25) is 4.79 Å². The quantitative estimate of drug-likeness (QED) is 0.601. The van der Waals surface area contributed by atoms with Crippen LogP contribution in [0.5, 0.6) is 0 Å². The summed E-state index contributed by atoms with van der Waals surface area (Å²) in [4.78, 5) is 16.5. The number of fused-ring (bicyclic) bond motifs is 4. The van der Waals surface area contributed by atoms with Crippen LogP contribution in [-0.2, 0) is 6.42 Å². The van der Waals surface area contributed by atoms with Gasteiger partial charge in [0, 0.05) is 17.4 Å². The van der Waals surface area contributed by atoms with Gasteiger partial charge < -0.3 is 4.42 Å². The number of aromatic nitrogens is 1. The largest absolute Gasteiger partial charge is 0.454 e. The molecule has 0 amide bonds. The van der Waals surface area contributed by atoms with Crippen molar-refractivity contribution in [3.05, 3.63) is 41.6 Å². The highest BCUT2D eigenvalue weighted by atomic mass is 16.3. The fourth-order valence-electron chi connectivity index (χ4n) is 2.66. The number of carbonyl (C=O) groups excluding carboxylic acids is 1. The van der Waals surface area contributed by atoms with E-state index in [-0.39, 0.29) is 5.78 Å². The van der Waals surface area contributed by atoms with E-state index in [0.717, 1.165) is 40.6 Å². The molecule has 0 aliphatic heterocycles. The predicted octanol–water partition coefficient (Wildman–Crippen LogP) is 3.50. The zero-order chi connectivity index (χ0) is 12.1. The highest BCUT2D eigenvalue weighted by molar-refractivity contribution is 6.06. The van der Waals surface area contributed by atoms with E-state index in [9.17, 15) is 4.79 Å². The lowest BCUT2D eigenvalue weighted by Crippen LogP contribution is -2.12. The van der Waals surface area contributed by atoms with Crippen molar-refractivity contribution in [2.45, 2.75) is 19.3 Å². The highest BCUT2D eigenvalue weighted by Gasteiger charge is 2.21. The summed E-state index contributed by atoms with van der Waals surface area (Å²) < 4.78 is 5.75. The predicted molar refractivity (Wildman–Crippen MR) is 68.8 cm³/mol. The number of furan rings is 1. The summed E-state index contributed by atoms with van der Waals surface area (Å²) in [5, 5.41) is 1.02. The number of para-hydroxylation sites is 1. The summed E-state index contributed by atoms with van der Waals surface area (Å²) in [5.74, 6) is 0.186. The Balaban J connectivity index is 2.13. The number of aryl methyl sites for hydroxylation is 1. The van der Waals surface area contributed by atoms with Gasteiger partial charge in [0.1, 0.15) is 11.1 Å². The summed E-state index contributed by atoms with van der Waals surface area (Å²) in [6, 6.07) is 9.71. The first-order chi connectivity index (χ1) is 8.83. The second-order valence-electron chi connectivity index (χ2n) is 4.70. The smallest absolute Gasteiger partial charge is 0.164 e. The lowest BCUT2D eigenvalue weighted by atomic mass is 9.94. The minimum absolute atomic E-state index is 0.186. The van der Waals surface area contributed by atoms with E-state index < -0.39 is 0 Å². The SMILES string of the molecule is O=C1CCCc2nc3c(cc21)oc1ccccc13. The summed E-state index contributed by atoms with van der Waals surface area (Å²) in [7, 11) is 0. The molecule has 0 atom stereocenters. The van der Waals surface area contributed by atoms with Crippen LogP contribution in [0.25, 0.3) is 22.1 Å². The van der Waals surface area contributed by atoms with Crippen molar-refractivity contribution >= 4 is 27.9 Å². The summed E-state index contributed by atoms with van der Waals surface area (Å²) in [5.41, 5.74) is 4.08. The Morgan fingerprint density at radius 1 is 1.11 bits per heavy atom. The van der Waals surface area contributed by atoms with E-state index in [4.69, 9.17) is 4.42 Å². The molecule has 3 heteroatoms. The molecule has 88 valence electrons. The Morgan fingerprint density at radius 3 is 2.94 bits per heavy atom. The summed E-state index contributed by atoms with van der Waals surface area (Å²) in [6.07, 6.45) is 2.41. The van der Waals surface area contributed by atoms with Crippen molar-refractivity contribution < 1.29 is 9.21 Å². The van der Waals surface area contributed by atoms with Crippen LogP contribution in [-0.4, -0.2) is 10.8 Å². The maximum atomic E-state index is 11.9. The monoisotopic (exact) mass is 237 g/mol. The van der Waals surface area contributed by atoms with Crippen LogP contribution < -0.4 is 0 Å². The van der Waals surface area contributed by atoms with Crippen molar-refractivity contribution in [1.29, 1.82) is 0 Å². The normalized spacial score (nSPS) is 15.2. The standard InChI is InChI=1S/C15H11NO2/c17-12-6-3-5-11-10(12)8-14-15(16-11)9-4-1-2-7-13(9)18-14/h1-2,4,7-8H,3,5-6H2. The average molecular weight is 237 g/mol. The van der Waals surface area contributed by atoms with Crippen molar-refractivity contribution in [2.24, 2.45) is 0 Å². The van der Waals surface area contributed by atoms with E-state index in [0.29, 0.717) is 12.0 Å². The number of hydrogen-bond acceptors (Lipinski definition) is 3. The third-order valence-electron chi connectivity index (χ3n) is 3.55. The Hall–Kier alpha value is -2.16. The first kappa shape index (κ1) is 9.83. The van der Waals surface area contributed by atoms with Crippen LogP contribution in [0.15, 0.2) is 34.7 Å². The van der Waals surface area contributed by atoms with Gasteiger partial charge in [0.2, 0.25) is 0 Å². The van der Waals surface area contributed by atoms with Crippen LogP contribution in [0, 0.1) is 0 Å². The molecule has 0 spiro atoms. The molecule has 0 radical (unpaired) electrons. The molecule has 4 rings (SSSR count). The molecule has 1 aliphatic rings. The molecule has 3 aromatic rings. The van der Waals surface area contributed by atoms with Crippen LogP contribution in [0.4, 0.5) is 0 Å². The van der Waals surface area contributed by atoms with Crippen molar-refractivity contribution in [3.63, 3.8) is 0 Å². The molecule has 0 unspecified atom stereocenters. The van der Waals surface area contributed by atoms with E-state index in [2.05, 4.69) is 4.98 Å². The van der Waals surface area contributed by atoms with Gasteiger partial charge in [-0.05, 0) is 31.0 Å². The number of hydrogen-bond donors (Lipinski definition) is 0. The minimum atomic E-state index is 0.186. The molecule has 0 saturated heterocycles. The van der Waals surface area contributed by atoms with Crippen molar-refractivity contribution in [2.75, 3.05) is 0 Å². The second kappa shape index (κ2) is 3.42. The molecule has 2 heterocycles. The third-order valence-corrected chi connectivity index (χ3v) is 3.55. The number of ketones is 1. The topological polar surface area (TPSA) is 43.1 Å². The molecule has 2 aromatic heterocycles. The third kappa shape index (κ3) is 1.24. The fourth-order valence-corrected chi connectivity index (χ4v) is 2.66. The zero-order valence-electron chi connectivity index (χ0n) is 9.77. The number of nitrogens with zero attached hydrogens (tertiary/aromatic N) is 1. The van der Waals surface area contributed by atoms with Gasteiger partial charge in [-0.15, -0.1) is 0 Å². The van der Waals surface area contributed by atoms with E-state index >= 15 is 0 Å². The molecule has 0 saturated carbocycles. The summed E-state index contributed by atoms with van der Waals surface area (Å²) in [6.45, 7) is 0. The molecule has 1 aliphatic carbocycles. The molecular weight excluding hydrogens is 226 g/mol. The van der Waals surface area contributed by atoms with Gasteiger partial charge >= 0.3 is 0 Å². The van der Waals surface area contributed by atoms with Gasteiger partial charge in [0.15, 0.2) is 11.4 Å². The number of pyridine rings is 1. The van der Waals surface area contributed by atoms with Gasteiger partial charge in [0.05, 0.1) is 5.69 Å². The van der Waals surface area contributed by atoms with Gasteiger partial charge in [-0.1, -0.05) is 12.1 Å². The van der Waals surface area contributed by atoms with E-state index in [1.54, 1.807) is 0 Å². The van der Waals surface area contributed by atoms with Crippen molar-refractivity contribution in [1.82, 2.24) is 4.98 Å². The van der Waals surface area contributed by atoms with Gasteiger partial charge in [-0.2, -0.15) is 0 Å². The maximum Gasteiger partial charge on any atom is 0.164 e. The molecular formula is C15H11NO2. The Kier molecular flexibility index (Phi) is 1.87. The maximum absolute atomic E-state index is 11.9. The lowest BCUT2D eigenvalue weighted by molar-refractivity contribution is 0.0971. The van der Waals surface area contributed by atoms with Gasteiger partial charge in [0.25, 0.3) is 0 Å². The van der Waals surface area contributed by atoms with E-state index in [1.165, 1.54) is 0 Å². The van der Waals surface area contributed by atoms with Crippen LogP contribution in [0.3, 0.4) is 0 Å². The summed E-state index contributed by atoms with van der Waals surface area (Å²) >= 11 is 0. The Labute approximate surface area is 103 Å². The second-order valence-corrected chi connectivity index (χ2v) is 4.70. The Bertz CT molecular complexity index is 786. The van der Waals surface area contributed by atoms with Crippen molar-refractivity contribution in [3.8, 4) is 0 Å². The molecule has 0 N–H and O–H groups in total. The molecule has 18 heavy (non-hydrogen) atoms. The number of benzene rings is 1. The zero-order valence-corrected chi connectivity index (χ0v) is 9.77. The van der Waals surface area contributed by atoms with Crippen LogP contribution >= 0.6 is 0 Å². The van der Waals surface area contributed by atoms with Crippen LogP contribution in [0.1, 0.15) is 28.9 Å². The Morgan fingerprint density at radius 2 is 2.00 bits per heavy atom. The molecule has 3 nitrogen and oxygen atoms in total. The molecule has 1 aromatic carbocycles. The minimum Gasteiger partial charge on any atom is -0.454 e. The number of carbonyl (C=O) groups is 1. The molecule has 0 fully saturated rings.